The molecule has 2 amide bonds. The summed E-state index contributed by atoms with van der Waals surface area (Å²) in [6.45, 7) is 0. The molecular weight excluding hydrogens is 568 g/mol. The average molecular weight is 582 g/mol. The highest BCUT2D eigenvalue weighted by molar-refractivity contribution is 14.1. The maximum atomic E-state index is 12.2. The molecule has 3 rings (SSSR count). The Morgan fingerprint density at radius 1 is 0.906 bits per heavy atom. The van der Waals surface area contributed by atoms with Gasteiger partial charge in [-0.2, -0.15) is 5.10 Å². The minimum Gasteiger partial charge on any atom is -0.423 e. The Hall–Kier alpha value is -2.95. The fraction of sp³-hybridized carbons (Fsp3) is 0. The maximum absolute atomic E-state index is 12.2. The molecule has 162 valence electrons. The third-order valence-corrected chi connectivity index (χ3v) is 5.73. The fourth-order valence-electron chi connectivity index (χ4n) is 2.41. The van der Waals surface area contributed by atoms with E-state index in [0.29, 0.717) is 16.9 Å². The lowest BCUT2D eigenvalue weighted by Gasteiger charge is -2.07. The van der Waals surface area contributed by atoms with Crippen molar-refractivity contribution in [1.29, 1.82) is 0 Å². The number of carbonyl (C=O) groups is 3. The van der Waals surface area contributed by atoms with Gasteiger partial charge in [0.2, 0.25) is 0 Å². The summed E-state index contributed by atoms with van der Waals surface area (Å²) in [5.41, 5.74) is 3.40. The van der Waals surface area contributed by atoms with Crippen molar-refractivity contribution in [3.05, 3.63) is 91.5 Å². The van der Waals surface area contributed by atoms with E-state index in [4.69, 9.17) is 27.9 Å². The molecular formula is C22H14Cl2IN3O4. The summed E-state index contributed by atoms with van der Waals surface area (Å²) in [4.78, 5) is 36.1. The maximum Gasteiger partial charge on any atom is 0.344 e. The van der Waals surface area contributed by atoms with Gasteiger partial charge in [-0.3, -0.25) is 9.59 Å². The zero-order valence-electron chi connectivity index (χ0n) is 16.1. The van der Waals surface area contributed by atoms with Crippen molar-refractivity contribution in [2.75, 3.05) is 5.32 Å². The lowest BCUT2D eigenvalue weighted by Crippen LogP contribution is -2.32. The Kier molecular flexibility index (Phi) is 8.20. The number of rotatable bonds is 5. The van der Waals surface area contributed by atoms with Crippen molar-refractivity contribution < 1.29 is 19.1 Å². The van der Waals surface area contributed by atoms with E-state index in [0.717, 1.165) is 3.57 Å². The van der Waals surface area contributed by atoms with Crippen LogP contribution in [0.15, 0.2) is 71.8 Å². The number of anilines is 1. The first-order valence-corrected chi connectivity index (χ1v) is 10.8. The van der Waals surface area contributed by atoms with Crippen molar-refractivity contribution in [3.63, 3.8) is 0 Å². The predicted molar refractivity (Wildman–Crippen MR) is 131 cm³/mol. The van der Waals surface area contributed by atoms with Crippen molar-refractivity contribution in [2.24, 2.45) is 5.10 Å². The van der Waals surface area contributed by atoms with E-state index in [2.05, 4.69) is 38.4 Å². The van der Waals surface area contributed by atoms with Gasteiger partial charge in [0.05, 0.1) is 27.5 Å². The molecule has 0 atom stereocenters. The number of hydrazone groups is 1. The number of hydrogen-bond acceptors (Lipinski definition) is 5. The number of amides is 2. The molecule has 3 aromatic rings. The Morgan fingerprint density at radius 3 is 2.34 bits per heavy atom. The zero-order chi connectivity index (χ0) is 23.1. The molecule has 0 aliphatic carbocycles. The Bertz CT molecular complexity index is 1200. The molecule has 7 nitrogen and oxygen atoms in total. The second-order valence-corrected chi connectivity index (χ2v) is 8.14. The van der Waals surface area contributed by atoms with Gasteiger partial charge in [0.25, 0.3) is 0 Å². The summed E-state index contributed by atoms with van der Waals surface area (Å²) >= 11 is 13.9. The zero-order valence-corrected chi connectivity index (χ0v) is 19.8. The molecule has 0 radical (unpaired) electrons. The van der Waals surface area contributed by atoms with E-state index < -0.39 is 17.8 Å². The van der Waals surface area contributed by atoms with Gasteiger partial charge in [-0.05, 0) is 76.7 Å². The van der Waals surface area contributed by atoms with Crippen LogP contribution in [0.4, 0.5) is 5.69 Å². The summed E-state index contributed by atoms with van der Waals surface area (Å²) in [6.07, 6.45) is 1.34. The normalized spacial score (nSPS) is 10.6. The van der Waals surface area contributed by atoms with Gasteiger partial charge >= 0.3 is 17.8 Å². The number of esters is 1. The van der Waals surface area contributed by atoms with Crippen LogP contribution in [0.3, 0.4) is 0 Å². The van der Waals surface area contributed by atoms with E-state index in [-0.39, 0.29) is 15.7 Å². The standard InChI is InChI=1S/C22H14Cl2IN3O4/c23-16-5-3-7-18(19(16)24)27-20(29)21(30)28-26-12-13-8-10-14(11-9-13)32-22(31)15-4-1-2-6-17(15)25/h1-12H,(H,27,29)(H,28,30)/b26-12-. The number of nitrogens with one attached hydrogen (secondary N) is 2. The molecule has 0 saturated carbocycles. The monoisotopic (exact) mass is 581 g/mol. The van der Waals surface area contributed by atoms with Gasteiger partial charge in [0.1, 0.15) is 5.75 Å². The first-order valence-electron chi connectivity index (χ1n) is 9.00. The smallest absolute Gasteiger partial charge is 0.344 e. The van der Waals surface area contributed by atoms with Crippen LogP contribution in [-0.2, 0) is 9.59 Å². The highest BCUT2D eigenvalue weighted by atomic mass is 127. The Labute approximate surface area is 206 Å². The number of halogens is 3. The Morgan fingerprint density at radius 2 is 1.62 bits per heavy atom. The van der Waals surface area contributed by atoms with Gasteiger partial charge < -0.3 is 10.1 Å². The van der Waals surface area contributed by atoms with E-state index in [1.54, 1.807) is 48.5 Å². The molecule has 0 heterocycles. The highest BCUT2D eigenvalue weighted by Crippen LogP contribution is 2.29. The average Bonchev–Trinajstić information content (AvgIpc) is 2.78. The number of nitrogens with zero attached hydrogens (tertiary/aromatic N) is 1. The summed E-state index contributed by atoms with van der Waals surface area (Å²) in [6, 6.07) is 18.2. The van der Waals surface area contributed by atoms with Gasteiger partial charge in [-0.25, -0.2) is 10.2 Å². The largest absolute Gasteiger partial charge is 0.423 e. The number of hydrogen-bond donors (Lipinski definition) is 2. The Balaban J connectivity index is 1.53. The number of carbonyl (C=O) groups excluding carboxylic acids is 3. The molecule has 32 heavy (non-hydrogen) atoms. The van der Waals surface area contributed by atoms with E-state index in [1.165, 1.54) is 12.3 Å². The predicted octanol–water partition coefficient (Wildman–Crippen LogP) is 4.91. The summed E-state index contributed by atoms with van der Waals surface area (Å²) in [5, 5.41) is 6.47. The lowest BCUT2D eigenvalue weighted by molar-refractivity contribution is -0.136. The summed E-state index contributed by atoms with van der Waals surface area (Å²) in [7, 11) is 0. The quantitative estimate of drug-likeness (QED) is 0.112. The molecule has 3 aromatic carbocycles. The van der Waals surface area contributed by atoms with Crippen LogP contribution < -0.4 is 15.5 Å². The van der Waals surface area contributed by atoms with Crippen LogP contribution in [0.25, 0.3) is 0 Å². The molecule has 0 bridgehead atoms. The third-order valence-electron chi connectivity index (χ3n) is 3.97. The van der Waals surface area contributed by atoms with Crippen LogP contribution in [-0.4, -0.2) is 24.0 Å². The molecule has 0 spiro atoms. The molecule has 0 aliphatic rings. The van der Waals surface area contributed by atoms with E-state index in [9.17, 15) is 14.4 Å². The first-order chi connectivity index (χ1) is 15.3. The number of benzene rings is 3. The van der Waals surface area contributed by atoms with Crippen LogP contribution in [0.2, 0.25) is 10.0 Å². The fourth-order valence-corrected chi connectivity index (χ4v) is 3.36. The molecule has 0 saturated heterocycles. The molecule has 0 aromatic heterocycles. The second-order valence-electron chi connectivity index (χ2n) is 6.19. The molecule has 0 unspecified atom stereocenters. The summed E-state index contributed by atoms with van der Waals surface area (Å²) in [5.74, 6) is -2.05. The van der Waals surface area contributed by atoms with E-state index >= 15 is 0 Å². The minimum atomic E-state index is -0.986. The topological polar surface area (TPSA) is 96.9 Å². The van der Waals surface area contributed by atoms with Crippen LogP contribution in [0.5, 0.6) is 5.75 Å². The highest BCUT2D eigenvalue weighted by Gasteiger charge is 2.15. The van der Waals surface area contributed by atoms with Crippen molar-refractivity contribution in [2.45, 2.75) is 0 Å². The molecule has 2 N–H and O–H groups in total. The number of ether oxygens (including phenoxy) is 1. The molecule has 0 aliphatic heterocycles. The van der Waals surface area contributed by atoms with Crippen LogP contribution in [0.1, 0.15) is 15.9 Å². The third kappa shape index (κ3) is 6.28. The van der Waals surface area contributed by atoms with Crippen molar-refractivity contribution in [3.8, 4) is 5.75 Å². The van der Waals surface area contributed by atoms with Gasteiger partial charge in [0.15, 0.2) is 0 Å². The lowest BCUT2D eigenvalue weighted by atomic mass is 10.2. The van der Waals surface area contributed by atoms with Gasteiger partial charge in [-0.15, -0.1) is 0 Å². The van der Waals surface area contributed by atoms with E-state index in [1.807, 2.05) is 12.1 Å². The van der Waals surface area contributed by atoms with Crippen LogP contribution >= 0.6 is 45.8 Å². The van der Waals surface area contributed by atoms with Crippen LogP contribution in [0, 0.1) is 3.57 Å². The van der Waals surface area contributed by atoms with Crippen molar-refractivity contribution in [1.82, 2.24) is 5.43 Å². The summed E-state index contributed by atoms with van der Waals surface area (Å²) < 4.78 is 6.14. The SMILES string of the molecule is O=C(N/N=C\c1ccc(OC(=O)c2ccccc2I)cc1)C(=O)Nc1cccc(Cl)c1Cl. The molecule has 10 heteroatoms. The second kappa shape index (κ2) is 11.1. The molecule has 0 fully saturated rings. The van der Waals surface area contributed by atoms with Crippen molar-refractivity contribution >= 4 is 75.5 Å². The first kappa shape index (κ1) is 23.7. The minimum absolute atomic E-state index is 0.126. The van der Waals surface area contributed by atoms with Gasteiger partial charge in [0, 0.05) is 3.57 Å². The van der Waals surface area contributed by atoms with Gasteiger partial charge in [-0.1, -0.05) is 41.4 Å².